The van der Waals surface area contributed by atoms with Gasteiger partial charge in [-0.25, -0.2) is 4.79 Å². The van der Waals surface area contributed by atoms with Crippen LogP contribution in [-0.2, 0) is 0 Å². The zero-order valence-corrected chi connectivity index (χ0v) is 21.2. The number of aromatic hydroxyl groups is 2. The molecule has 0 atom stereocenters. The van der Waals surface area contributed by atoms with E-state index in [0.29, 0.717) is 11.5 Å². The third-order valence-electron chi connectivity index (χ3n) is 3.89. The number of anilines is 1. The highest BCUT2D eigenvalue weighted by Crippen LogP contribution is 2.12. The van der Waals surface area contributed by atoms with Crippen LogP contribution in [0.2, 0.25) is 0 Å². The average molecular weight is 482 g/mol. The minimum Gasteiger partial charge on any atom is -0.508 e. The van der Waals surface area contributed by atoms with E-state index < -0.39 is 5.63 Å². The first-order valence-electron chi connectivity index (χ1n) is 11.4. The van der Waals surface area contributed by atoms with Gasteiger partial charge in [0.15, 0.2) is 0 Å². The first-order chi connectivity index (χ1) is 16.8. The lowest BCUT2D eigenvalue weighted by Gasteiger charge is -2.09. The van der Waals surface area contributed by atoms with Gasteiger partial charge in [-0.3, -0.25) is 9.36 Å². The Kier molecular flexibility index (Phi) is 15.1. The third-order valence-corrected chi connectivity index (χ3v) is 3.89. The summed E-state index contributed by atoms with van der Waals surface area (Å²) in [6, 6.07) is 24.0. The topological polar surface area (TPSA) is 119 Å². The number of benzene rings is 2. The smallest absolute Gasteiger partial charge is 0.508 e. The first kappa shape index (κ1) is 30.7. The van der Waals surface area contributed by atoms with Gasteiger partial charge in [-0.1, -0.05) is 64.1 Å². The molecule has 4 aromatic rings. The number of aromatic nitrogens is 1. The van der Waals surface area contributed by atoms with Gasteiger partial charge in [0.1, 0.15) is 17.3 Å². The fourth-order valence-electron chi connectivity index (χ4n) is 2.63. The molecule has 7 nitrogen and oxygen atoms in total. The number of rotatable bonds is 1. The number of nitrogen functional groups attached to an aromatic ring is 1. The van der Waals surface area contributed by atoms with E-state index in [4.69, 9.17) is 10.8 Å². The fourth-order valence-corrected chi connectivity index (χ4v) is 2.63. The molecule has 0 aliphatic carbocycles. The highest BCUT2D eigenvalue weighted by molar-refractivity contribution is 5.36. The molecule has 0 spiro atoms. The van der Waals surface area contributed by atoms with E-state index in [2.05, 4.69) is 4.42 Å². The summed E-state index contributed by atoms with van der Waals surface area (Å²) < 4.78 is 6.10. The van der Waals surface area contributed by atoms with Crippen LogP contribution in [0.15, 0.2) is 98.9 Å². The maximum atomic E-state index is 11.7. The van der Waals surface area contributed by atoms with Crippen molar-refractivity contribution in [1.29, 1.82) is 0 Å². The number of pyridine rings is 1. The molecule has 2 heterocycles. The third kappa shape index (κ3) is 12.0. The summed E-state index contributed by atoms with van der Waals surface area (Å²) >= 11 is 0. The molecule has 2 aromatic heterocycles. The van der Waals surface area contributed by atoms with Crippen molar-refractivity contribution in [2.24, 2.45) is 0 Å². The molecule has 0 aliphatic heterocycles. The van der Waals surface area contributed by atoms with Crippen molar-refractivity contribution in [3.63, 3.8) is 0 Å². The van der Waals surface area contributed by atoms with Gasteiger partial charge >= 0.3 is 7.05 Å². The Hall–Kier alpha value is -4.26. The molecular weight excluding hydrogens is 444 g/mol. The van der Waals surface area contributed by atoms with Gasteiger partial charge in [0.05, 0.1) is 6.07 Å². The van der Waals surface area contributed by atoms with Crippen LogP contribution in [0.3, 0.4) is 0 Å². The summed E-state index contributed by atoms with van der Waals surface area (Å²) in [6.45, 7) is 11.4. The molecule has 4 N–H and O–H groups in total. The van der Waals surface area contributed by atoms with E-state index in [9.17, 15) is 14.7 Å². The highest BCUT2D eigenvalue weighted by Gasteiger charge is 2.03. The van der Waals surface area contributed by atoms with E-state index in [0.717, 1.165) is 17.4 Å². The zero-order valence-electron chi connectivity index (χ0n) is 22.2. The molecule has 2 aromatic carbocycles. The molecule has 188 valence electrons. The monoisotopic (exact) mass is 481 g/mol. The van der Waals surface area contributed by atoms with Crippen molar-refractivity contribution in [3.05, 3.63) is 117 Å². The van der Waals surface area contributed by atoms with E-state index >= 15 is 0 Å². The van der Waals surface area contributed by atoms with Crippen LogP contribution in [-0.4, -0.2) is 14.8 Å². The van der Waals surface area contributed by atoms with E-state index in [1.807, 2.05) is 88.4 Å². The van der Waals surface area contributed by atoms with Crippen molar-refractivity contribution in [2.45, 2.75) is 41.5 Å². The Balaban J connectivity index is 0. The number of nitrogens with zero attached hydrogens (tertiary/aromatic N) is 1. The Morgan fingerprint density at radius 2 is 1.23 bits per heavy atom. The predicted octanol–water partition coefficient (Wildman–Crippen LogP) is 5.94. The van der Waals surface area contributed by atoms with Crippen molar-refractivity contribution < 1.29 is 16.1 Å². The average Bonchev–Trinajstić information content (AvgIpc) is 2.82. The summed E-state index contributed by atoms with van der Waals surface area (Å²) in [5.74, 6) is 0.369. The lowest BCUT2D eigenvalue weighted by Crippen LogP contribution is -2.18. The molecular formula is C28H37N2O5+. The summed E-state index contributed by atoms with van der Waals surface area (Å²) in [5.41, 5.74) is 6.95. The number of hydrogen-bond donors (Lipinski definition) is 3. The van der Waals surface area contributed by atoms with Gasteiger partial charge < -0.3 is 20.4 Å². The maximum Gasteiger partial charge on any atom is 1.00 e. The van der Waals surface area contributed by atoms with Gasteiger partial charge in [-0.05, 0) is 44.2 Å². The fraction of sp³-hybridized carbons (Fsp3) is 0.214. The molecule has 0 unspecified atom stereocenters. The normalized spacial score (nSPS) is 8.86. The Morgan fingerprint density at radius 3 is 1.63 bits per heavy atom. The summed E-state index contributed by atoms with van der Waals surface area (Å²) in [7, 11) is 0. The lowest BCUT2D eigenvalue weighted by atomic mass is 10.2. The van der Waals surface area contributed by atoms with Crippen LogP contribution in [0.5, 0.6) is 11.5 Å². The van der Waals surface area contributed by atoms with E-state index in [1.54, 1.807) is 24.5 Å². The van der Waals surface area contributed by atoms with Gasteiger partial charge in [0, 0.05) is 29.2 Å². The quantitative estimate of drug-likeness (QED) is 0.290. The minimum atomic E-state index is -0.521. The molecule has 35 heavy (non-hydrogen) atoms. The molecule has 0 amide bonds. The van der Waals surface area contributed by atoms with Crippen LogP contribution in [0.25, 0.3) is 5.69 Å². The predicted molar refractivity (Wildman–Crippen MR) is 144 cm³/mol. The van der Waals surface area contributed by atoms with Crippen LogP contribution >= 0.6 is 0 Å². The Labute approximate surface area is 208 Å². The van der Waals surface area contributed by atoms with Crippen LogP contribution in [0.1, 0.15) is 40.6 Å². The molecule has 7 heteroatoms. The van der Waals surface area contributed by atoms with Crippen molar-refractivity contribution in [2.75, 3.05) is 5.73 Å². The number of aryl methyl sites for hydroxylation is 2. The number of nitrogens with two attached hydrogens (primary N) is 1. The van der Waals surface area contributed by atoms with Crippen LogP contribution < -0.4 is 16.9 Å². The second-order valence-corrected chi connectivity index (χ2v) is 6.52. The molecule has 0 fully saturated rings. The molecule has 0 aliphatic rings. The Bertz CT molecular complexity index is 1200. The number of hydrogen-bond acceptors (Lipinski definition) is 6. The van der Waals surface area contributed by atoms with Gasteiger partial charge in [-0.15, -0.1) is 0 Å². The SMILES string of the molecule is CC.CC.Cc1cc(O)cc(=O)n1-c1ccccc1.Cc1cc(O)cc(=O)o1.Nc1ccccc1.[H+]. The van der Waals surface area contributed by atoms with Crippen molar-refractivity contribution >= 4 is 5.69 Å². The van der Waals surface area contributed by atoms with E-state index in [1.165, 1.54) is 12.1 Å². The van der Waals surface area contributed by atoms with Crippen LogP contribution in [0, 0.1) is 13.8 Å². The maximum absolute atomic E-state index is 11.7. The summed E-state index contributed by atoms with van der Waals surface area (Å²) in [5, 5.41) is 18.0. The van der Waals surface area contributed by atoms with Gasteiger partial charge in [0.2, 0.25) is 0 Å². The molecule has 4 rings (SSSR count). The largest absolute Gasteiger partial charge is 1.00 e. The zero-order chi connectivity index (χ0) is 26.8. The van der Waals surface area contributed by atoms with Gasteiger partial charge in [-0.2, -0.15) is 0 Å². The second-order valence-electron chi connectivity index (χ2n) is 6.52. The Morgan fingerprint density at radius 1 is 0.743 bits per heavy atom. The summed E-state index contributed by atoms with van der Waals surface area (Å²) in [6.07, 6.45) is 0. The summed E-state index contributed by atoms with van der Waals surface area (Å²) in [4.78, 5) is 22.0. The lowest BCUT2D eigenvalue weighted by molar-refractivity contribution is 0.434. The number of para-hydroxylation sites is 2. The minimum absolute atomic E-state index is 0. The molecule has 0 radical (unpaired) electrons. The van der Waals surface area contributed by atoms with E-state index in [-0.39, 0.29) is 18.5 Å². The van der Waals surface area contributed by atoms with Crippen molar-refractivity contribution in [1.82, 2.24) is 4.57 Å². The van der Waals surface area contributed by atoms with Gasteiger partial charge in [0.25, 0.3) is 5.56 Å². The molecule has 0 saturated heterocycles. The first-order valence-corrected chi connectivity index (χ1v) is 11.4. The van der Waals surface area contributed by atoms with Crippen LogP contribution in [0.4, 0.5) is 5.69 Å². The molecule has 0 bridgehead atoms. The second kappa shape index (κ2) is 17.2. The standard InChI is InChI=1S/C12H11NO2.C6H7N.C6H6O3.2C2H6/c1-9-7-11(14)8-12(15)13(9)10-5-3-2-4-6-10;7-6-4-2-1-3-5-6;1-4-2-5(7)3-6(8)9-4;2*1-2/h2-8,14H,1H3;1-5H,7H2;2-3,7H,1H3;2*1-2H3/p+1. The molecule has 0 saturated carbocycles. The highest BCUT2D eigenvalue weighted by atomic mass is 16.4. The van der Waals surface area contributed by atoms with Crippen molar-refractivity contribution in [3.8, 4) is 17.2 Å².